The van der Waals surface area contributed by atoms with E-state index in [9.17, 15) is 0 Å². The minimum absolute atomic E-state index is 0.723. The molecule has 1 aromatic rings. The summed E-state index contributed by atoms with van der Waals surface area (Å²) in [7, 11) is 0. The molecule has 1 aromatic heterocycles. The van der Waals surface area contributed by atoms with E-state index >= 15 is 0 Å². The fourth-order valence-electron chi connectivity index (χ4n) is 0.978. The maximum Gasteiger partial charge on any atom is 0.112 e. The number of nitrogens with zero attached hydrogens (tertiary/aromatic N) is 1. The molecule has 0 amide bonds. The standard InChI is InChI=1S/C8H11N2S/c1-2-7-8(11-5-9-7)10-6-3-4-6/h5-6,10H,1-4H2. The van der Waals surface area contributed by atoms with Crippen molar-refractivity contribution in [1.82, 2.24) is 4.98 Å². The average molecular weight is 167 g/mol. The molecule has 0 bridgehead atoms. The second-order valence-corrected chi connectivity index (χ2v) is 3.65. The summed E-state index contributed by atoms with van der Waals surface area (Å²) in [6.45, 7) is 3.82. The smallest absolute Gasteiger partial charge is 0.112 e. The molecule has 3 heteroatoms. The highest BCUT2D eigenvalue weighted by molar-refractivity contribution is 7.14. The van der Waals surface area contributed by atoms with Gasteiger partial charge >= 0.3 is 0 Å². The highest BCUT2D eigenvalue weighted by Gasteiger charge is 2.22. The first kappa shape index (κ1) is 7.10. The third-order valence-corrected chi connectivity index (χ3v) is 2.59. The lowest BCUT2D eigenvalue weighted by molar-refractivity contribution is 1.10. The van der Waals surface area contributed by atoms with Crippen molar-refractivity contribution in [2.45, 2.75) is 25.3 Å². The number of nitrogens with one attached hydrogen (secondary N) is 1. The molecule has 59 valence electrons. The highest BCUT2D eigenvalue weighted by atomic mass is 32.1. The van der Waals surface area contributed by atoms with Gasteiger partial charge in [0.15, 0.2) is 0 Å². The summed E-state index contributed by atoms with van der Waals surface area (Å²) in [4.78, 5) is 4.21. The lowest BCUT2D eigenvalue weighted by atomic mass is 10.3. The van der Waals surface area contributed by atoms with Crippen LogP contribution in [-0.2, 0) is 6.42 Å². The van der Waals surface area contributed by atoms with Crippen LogP contribution in [-0.4, -0.2) is 11.0 Å². The van der Waals surface area contributed by atoms with Crippen LogP contribution in [0.3, 0.4) is 0 Å². The van der Waals surface area contributed by atoms with Gasteiger partial charge < -0.3 is 5.32 Å². The fraction of sp³-hybridized carbons (Fsp3) is 0.500. The summed E-state index contributed by atoms with van der Waals surface area (Å²) < 4.78 is 0. The molecule has 1 saturated carbocycles. The second kappa shape index (κ2) is 2.81. The van der Waals surface area contributed by atoms with Crippen LogP contribution in [0.15, 0.2) is 5.51 Å². The summed E-state index contributed by atoms with van der Waals surface area (Å²) in [6, 6.07) is 0.723. The van der Waals surface area contributed by atoms with Crippen molar-refractivity contribution in [1.29, 1.82) is 0 Å². The largest absolute Gasteiger partial charge is 0.373 e. The van der Waals surface area contributed by atoms with Crippen molar-refractivity contribution in [2.75, 3.05) is 5.32 Å². The molecular formula is C8H11N2S. The molecule has 1 radical (unpaired) electrons. The predicted octanol–water partition coefficient (Wildman–Crippen LogP) is 2.09. The van der Waals surface area contributed by atoms with Crippen LogP contribution in [0.2, 0.25) is 0 Å². The zero-order valence-corrected chi connectivity index (χ0v) is 7.16. The van der Waals surface area contributed by atoms with E-state index < -0.39 is 0 Å². The molecule has 2 nitrogen and oxygen atoms in total. The van der Waals surface area contributed by atoms with Crippen LogP contribution in [0.25, 0.3) is 0 Å². The van der Waals surface area contributed by atoms with Crippen molar-refractivity contribution in [2.24, 2.45) is 0 Å². The second-order valence-electron chi connectivity index (χ2n) is 2.80. The third kappa shape index (κ3) is 1.53. The van der Waals surface area contributed by atoms with Gasteiger partial charge in [-0.15, -0.1) is 11.3 Å². The Bertz CT molecular complexity index is 240. The van der Waals surface area contributed by atoms with Gasteiger partial charge in [0.1, 0.15) is 5.00 Å². The zero-order chi connectivity index (χ0) is 7.68. The SMILES string of the molecule is [CH2]Cc1ncsc1NC1CC1. The monoisotopic (exact) mass is 167 g/mol. The Labute approximate surface area is 70.7 Å². The first-order chi connectivity index (χ1) is 5.40. The van der Waals surface area contributed by atoms with E-state index in [0.717, 1.165) is 18.2 Å². The molecule has 2 rings (SSSR count). The van der Waals surface area contributed by atoms with E-state index in [1.807, 2.05) is 5.51 Å². The van der Waals surface area contributed by atoms with Crippen LogP contribution in [0.4, 0.5) is 5.00 Å². The summed E-state index contributed by atoms with van der Waals surface area (Å²) in [6.07, 6.45) is 3.42. The van der Waals surface area contributed by atoms with Crippen molar-refractivity contribution in [3.8, 4) is 0 Å². The summed E-state index contributed by atoms with van der Waals surface area (Å²) in [5, 5.41) is 4.66. The minimum atomic E-state index is 0.723. The van der Waals surface area contributed by atoms with Crippen LogP contribution >= 0.6 is 11.3 Å². The van der Waals surface area contributed by atoms with E-state index in [-0.39, 0.29) is 0 Å². The van der Waals surface area contributed by atoms with Crippen molar-refractivity contribution >= 4 is 16.3 Å². The van der Waals surface area contributed by atoms with Gasteiger partial charge in [0.25, 0.3) is 0 Å². The van der Waals surface area contributed by atoms with Gasteiger partial charge in [0.05, 0.1) is 11.2 Å². The molecular weight excluding hydrogens is 156 g/mol. The van der Waals surface area contributed by atoms with Crippen molar-refractivity contribution in [3.05, 3.63) is 18.1 Å². The van der Waals surface area contributed by atoms with Crippen LogP contribution < -0.4 is 5.32 Å². The van der Waals surface area contributed by atoms with Crippen LogP contribution in [0.1, 0.15) is 18.5 Å². The highest BCUT2D eigenvalue weighted by Crippen LogP contribution is 2.29. The first-order valence-electron chi connectivity index (χ1n) is 3.88. The van der Waals surface area contributed by atoms with Crippen LogP contribution in [0.5, 0.6) is 0 Å². The first-order valence-corrected chi connectivity index (χ1v) is 4.76. The number of anilines is 1. The lowest BCUT2D eigenvalue weighted by Gasteiger charge is -2.00. The zero-order valence-electron chi connectivity index (χ0n) is 6.34. The maximum absolute atomic E-state index is 4.21. The molecule has 1 heterocycles. The summed E-state index contributed by atoms with van der Waals surface area (Å²) >= 11 is 1.68. The third-order valence-electron chi connectivity index (χ3n) is 1.79. The Kier molecular flexibility index (Phi) is 1.82. The number of hydrogen-bond donors (Lipinski definition) is 1. The van der Waals surface area contributed by atoms with Gasteiger partial charge in [-0.05, 0) is 26.2 Å². The van der Waals surface area contributed by atoms with E-state index in [0.29, 0.717) is 0 Å². The van der Waals surface area contributed by atoms with Crippen molar-refractivity contribution < 1.29 is 0 Å². The normalized spacial score (nSPS) is 16.8. The lowest BCUT2D eigenvalue weighted by Crippen LogP contribution is -2.01. The Hall–Kier alpha value is -0.570. The van der Waals surface area contributed by atoms with Gasteiger partial charge in [-0.1, -0.05) is 0 Å². The number of aromatic nitrogens is 1. The number of rotatable bonds is 3. The molecule has 0 aromatic carbocycles. The van der Waals surface area contributed by atoms with E-state index in [1.54, 1.807) is 11.3 Å². The van der Waals surface area contributed by atoms with Gasteiger partial charge in [0.2, 0.25) is 0 Å². The molecule has 0 aliphatic heterocycles. The molecule has 1 aliphatic carbocycles. The van der Waals surface area contributed by atoms with Gasteiger partial charge in [-0.3, -0.25) is 0 Å². The molecule has 0 atom stereocenters. The minimum Gasteiger partial charge on any atom is -0.373 e. The van der Waals surface area contributed by atoms with E-state index in [4.69, 9.17) is 0 Å². The van der Waals surface area contributed by atoms with Crippen molar-refractivity contribution in [3.63, 3.8) is 0 Å². The molecule has 1 fully saturated rings. The predicted molar refractivity (Wildman–Crippen MR) is 47.8 cm³/mol. The molecule has 1 aliphatic rings. The Balaban J connectivity index is 2.07. The van der Waals surface area contributed by atoms with E-state index in [2.05, 4.69) is 17.2 Å². The van der Waals surface area contributed by atoms with Gasteiger partial charge in [0, 0.05) is 6.04 Å². The van der Waals surface area contributed by atoms with Gasteiger partial charge in [-0.25, -0.2) is 4.98 Å². The number of hydrogen-bond acceptors (Lipinski definition) is 3. The molecule has 0 spiro atoms. The topological polar surface area (TPSA) is 24.9 Å². The fourth-order valence-corrected chi connectivity index (χ4v) is 1.79. The van der Waals surface area contributed by atoms with E-state index in [1.165, 1.54) is 17.8 Å². The molecule has 0 unspecified atom stereocenters. The number of thiazole rings is 1. The summed E-state index contributed by atoms with van der Waals surface area (Å²) in [5.41, 5.74) is 2.99. The molecule has 1 N–H and O–H groups in total. The molecule has 0 saturated heterocycles. The maximum atomic E-state index is 4.21. The van der Waals surface area contributed by atoms with Crippen LogP contribution in [0, 0.1) is 6.92 Å². The Morgan fingerprint density at radius 3 is 3.18 bits per heavy atom. The quantitative estimate of drug-likeness (QED) is 0.745. The molecule has 11 heavy (non-hydrogen) atoms. The van der Waals surface area contributed by atoms with Gasteiger partial charge in [-0.2, -0.15) is 0 Å². The Morgan fingerprint density at radius 2 is 2.55 bits per heavy atom. The average Bonchev–Trinajstić information content (AvgIpc) is 2.68. The Morgan fingerprint density at radius 1 is 1.73 bits per heavy atom. The summed E-state index contributed by atoms with van der Waals surface area (Å²) in [5.74, 6) is 0.